The van der Waals surface area contributed by atoms with E-state index in [-0.39, 0.29) is 23.1 Å². The van der Waals surface area contributed by atoms with Crippen molar-refractivity contribution in [3.63, 3.8) is 0 Å². The van der Waals surface area contributed by atoms with Gasteiger partial charge in [-0.05, 0) is 38.7 Å². The van der Waals surface area contributed by atoms with Crippen LogP contribution in [0.3, 0.4) is 0 Å². The Morgan fingerprint density at radius 3 is 2.21 bits per heavy atom. The van der Waals surface area contributed by atoms with Gasteiger partial charge in [-0.15, -0.1) is 0 Å². The molecule has 0 bridgehead atoms. The predicted molar refractivity (Wildman–Crippen MR) is 153 cm³/mol. The molecule has 1 heterocycles. The molecule has 6 aromatic rings. The van der Waals surface area contributed by atoms with Crippen molar-refractivity contribution in [2.45, 2.75) is 6.54 Å². The molecule has 1 aromatic heterocycles. The molecule has 5 heteroatoms. The Kier molecular flexibility index (Phi) is 5.94. The van der Waals surface area contributed by atoms with Crippen molar-refractivity contribution in [1.29, 1.82) is 0 Å². The van der Waals surface area contributed by atoms with Crippen molar-refractivity contribution < 1.29 is 9.59 Å². The topological polar surface area (TPSA) is 88.0 Å². The van der Waals surface area contributed by atoms with E-state index in [0.29, 0.717) is 23.4 Å². The number of rotatable bonds is 6. The fourth-order valence-corrected chi connectivity index (χ4v) is 5.00. The number of carbonyl (C=O) groups is 2. The summed E-state index contributed by atoms with van der Waals surface area (Å²) in [7, 11) is 0. The van der Waals surface area contributed by atoms with Gasteiger partial charge in [0, 0.05) is 17.7 Å². The van der Waals surface area contributed by atoms with Crippen LogP contribution in [0.15, 0.2) is 115 Å². The first-order valence-corrected chi connectivity index (χ1v) is 12.5. The van der Waals surface area contributed by atoms with Gasteiger partial charge in [-0.3, -0.25) is 9.59 Å². The number of aromatic nitrogens is 1. The molecule has 6 rings (SSSR count). The maximum atomic E-state index is 13.7. The molecule has 0 unspecified atom stereocenters. The molecule has 4 N–H and O–H groups in total. The molecule has 0 radical (unpaired) electrons. The van der Waals surface area contributed by atoms with Gasteiger partial charge in [0.2, 0.25) is 5.78 Å². The van der Waals surface area contributed by atoms with Crippen LogP contribution in [0.1, 0.15) is 32.0 Å². The third-order valence-corrected chi connectivity index (χ3v) is 6.88. The van der Waals surface area contributed by atoms with E-state index >= 15 is 0 Å². The second-order valence-corrected chi connectivity index (χ2v) is 9.24. The highest BCUT2D eigenvalue weighted by Crippen LogP contribution is 2.35. The van der Waals surface area contributed by atoms with Gasteiger partial charge in [0.05, 0.1) is 11.3 Å². The lowest BCUT2D eigenvalue weighted by Gasteiger charge is -2.11. The van der Waals surface area contributed by atoms with Gasteiger partial charge in [0.1, 0.15) is 5.82 Å². The number of nitrogens with two attached hydrogens (primary N) is 1. The number of ketones is 1. The minimum Gasteiger partial charge on any atom is -0.385 e. The molecule has 0 aliphatic heterocycles. The Labute approximate surface area is 219 Å². The minimum absolute atomic E-state index is 0.155. The number of hydrogen-bond acceptors (Lipinski definition) is 3. The summed E-state index contributed by atoms with van der Waals surface area (Å²) in [4.78, 5) is 30.3. The third-order valence-electron chi connectivity index (χ3n) is 6.88. The largest absolute Gasteiger partial charge is 0.385 e. The number of amides is 1. The van der Waals surface area contributed by atoms with Gasteiger partial charge in [-0.2, -0.15) is 0 Å². The summed E-state index contributed by atoms with van der Waals surface area (Å²) in [5.41, 5.74) is 9.71. The van der Waals surface area contributed by atoms with E-state index in [0.717, 1.165) is 32.7 Å². The van der Waals surface area contributed by atoms with Crippen molar-refractivity contribution in [3.8, 4) is 11.1 Å². The van der Waals surface area contributed by atoms with Gasteiger partial charge in [-0.25, -0.2) is 0 Å². The highest BCUT2D eigenvalue weighted by Gasteiger charge is 2.27. The lowest BCUT2D eigenvalue weighted by molar-refractivity contribution is 0.0952. The molecule has 0 aliphatic rings. The second-order valence-electron chi connectivity index (χ2n) is 9.24. The minimum atomic E-state index is -0.345. The number of hydrogen-bond donors (Lipinski definition) is 3. The lowest BCUT2D eigenvalue weighted by Crippen LogP contribution is -2.24. The van der Waals surface area contributed by atoms with Crippen LogP contribution in [-0.2, 0) is 6.54 Å². The zero-order chi connectivity index (χ0) is 26.1. The van der Waals surface area contributed by atoms with Crippen LogP contribution >= 0.6 is 0 Å². The average Bonchev–Trinajstić information content (AvgIpc) is 3.32. The molecule has 5 aromatic carbocycles. The van der Waals surface area contributed by atoms with E-state index in [9.17, 15) is 9.59 Å². The second kappa shape index (κ2) is 9.71. The Hall–Kier alpha value is -5.16. The van der Waals surface area contributed by atoms with Crippen LogP contribution in [0.2, 0.25) is 0 Å². The van der Waals surface area contributed by atoms with E-state index < -0.39 is 0 Å². The normalized spacial score (nSPS) is 11.1. The number of nitrogen functional groups attached to an aromatic ring is 1. The van der Waals surface area contributed by atoms with Gasteiger partial charge in [0.15, 0.2) is 0 Å². The highest BCUT2D eigenvalue weighted by atomic mass is 16.1. The highest BCUT2D eigenvalue weighted by molar-refractivity contribution is 6.17. The number of aromatic amines is 1. The summed E-state index contributed by atoms with van der Waals surface area (Å²) in [6.45, 7) is 0.323. The average molecular weight is 496 g/mol. The first kappa shape index (κ1) is 23.3. The SMILES string of the molecule is Nc1[nH]c(C(=O)c2ccccc2)c(-c2ccc3ccccc3c2)c1C(=O)NCc1cccc2ccccc12. The first-order valence-electron chi connectivity index (χ1n) is 12.5. The van der Waals surface area contributed by atoms with E-state index in [1.807, 2.05) is 103 Å². The first-order chi connectivity index (χ1) is 18.6. The zero-order valence-electron chi connectivity index (χ0n) is 20.6. The Bertz CT molecular complexity index is 1810. The summed E-state index contributed by atoms with van der Waals surface area (Å²) in [5.74, 6) is -0.418. The summed E-state index contributed by atoms with van der Waals surface area (Å²) in [6, 6.07) is 37.0. The van der Waals surface area contributed by atoms with Crippen LogP contribution in [0, 0.1) is 0 Å². The Balaban J connectivity index is 1.44. The van der Waals surface area contributed by atoms with Crippen molar-refractivity contribution in [2.24, 2.45) is 0 Å². The smallest absolute Gasteiger partial charge is 0.255 e. The Morgan fingerprint density at radius 2 is 1.39 bits per heavy atom. The molecule has 5 nitrogen and oxygen atoms in total. The number of fused-ring (bicyclic) bond motifs is 2. The van der Waals surface area contributed by atoms with Crippen molar-refractivity contribution in [3.05, 3.63) is 138 Å². The van der Waals surface area contributed by atoms with Crippen LogP contribution in [0.25, 0.3) is 32.7 Å². The van der Waals surface area contributed by atoms with Gasteiger partial charge in [-0.1, -0.05) is 109 Å². The Morgan fingerprint density at radius 1 is 0.711 bits per heavy atom. The van der Waals surface area contributed by atoms with Gasteiger partial charge in [0.25, 0.3) is 5.91 Å². The molecule has 38 heavy (non-hydrogen) atoms. The monoisotopic (exact) mass is 495 g/mol. The predicted octanol–water partition coefficient (Wildman–Crippen LogP) is 6.73. The van der Waals surface area contributed by atoms with Crippen LogP contribution in [0.4, 0.5) is 5.82 Å². The molecule has 0 fully saturated rings. The fraction of sp³-hybridized carbons (Fsp3) is 0.0303. The standard InChI is InChI=1S/C33H25N3O2/c34-32-29(33(38)35-20-26-15-8-14-22-10-6-7-16-27(22)26)28(25-18-17-21-9-4-5-13-24(21)19-25)30(36-32)31(37)23-11-2-1-3-12-23/h1-19,36H,20,34H2,(H,35,38). The molecule has 184 valence electrons. The summed E-state index contributed by atoms with van der Waals surface area (Å²) >= 11 is 0. The molecule has 0 spiro atoms. The molecular weight excluding hydrogens is 470 g/mol. The molecule has 0 aliphatic carbocycles. The quantitative estimate of drug-likeness (QED) is 0.224. The molecule has 0 saturated heterocycles. The maximum absolute atomic E-state index is 13.7. The van der Waals surface area contributed by atoms with E-state index in [4.69, 9.17) is 5.73 Å². The lowest BCUT2D eigenvalue weighted by atomic mass is 9.94. The van der Waals surface area contributed by atoms with E-state index in [1.165, 1.54) is 0 Å². The number of carbonyl (C=O) groups excluding carboxylic acids is 2. The molecule has 0 atom stereocenters. The molecule has 0 saturated carbocycles. The van der Waals surface area contributed by atoms with E-state index in [2.05, 4.69) is 10.3 Å². The van der Waals surface area contributed by atoms with Gasteiger partial charge < -0.3 is 16.0 Å². The fourth-order valence-electron chi connectivity index (χ4n) is 5.00. The third kappa shape index (κ3) is 4.20. The summed E-state index contributed by atoms with van der Waals surface area (Å²) in [6.07, 6.45) is 0. The summed E-state index contributed by atoms with van der Waals surface area (Å²) < 4.78 is 0. The molecular formula is C33H25N3O2. The van der Waals surface area contributed by atoms with Crippen LogP contribution in [0.5, 0.6) is 0 Å². The van der Waals surface area contributed by atoms with Crippen molar-refractivity contribution >= 4 is 39.1 Å². The summed E-state index contributed by atoms with van der Waals surface area (Å²) in [5, 5.41) is 7.29. The number of nitrogens with one attached hydrogen (secondary N) is 2. The number of anilines is 1. The number of benzene rings is 5. The van der Waals surface area contributed by atoms with Crippen LogP contribution in [-0.4, -0.2) is 16.7 Å². The van der Waals surface area contributed by atoms with Crippen molar-refractivity contribution in [1.82, 2.24) is 10.3 Å². The van der Waals surface area contributed by atoms with Crippen molar-refractivity contribution in [2.75, 3.05) is 5.73 Å². The maximum Gasteiger partial charge on any atom is 0.255 e. The van der Waals surface area contributed by atoms with Crippen LogP contribution < -0.4 is 11.1 Å². The zero-order valence-corrected chi connectivity index (χ0v) is 20.6. The van der Waals surface area contributed by atoms with Gasteiger partial charge >= 0.3 is 0 Å². The number of H-pyrrole nitrogens is 1. The molecule has 1 amide bonds. The van der Waals surface area contributed by atoms with E-state index in [1.54, 1.807) is 12.1 Å².